The normalized spacial score (nSPS) is 12.9. The third kappa shape index (κ3) is 1.89. The number of nitrogens with zero attached hydrogens (tertiary/aromatic N) is 1. The molecular formula is C7H4F6N2O. The van der Waals surface area contributed by atoms with E-state index < -0.39 is 35.0 Å². The quantitative estimate of drug-likeness (QED) is 0.769. The van der Waals surface area contributed by atoms with Crippen molar-refractivity contribution in [2.24, 2.45) is 0 Å². The first-order valence-electron chi connectivity index (χ1n) is 3.79. The van der Waals surface area contributed by atoms with Gasteiger partial charge in [0.05, 0.1) is 0 Å². The summed E-state index contributed by atoms with van der Waals surface area (Å²) in [5, 5.41) is 0. The van der Waals surface area contributed by atoms with E-state index in [4.69, 9.17) is 0 Å². The lowest BCUT2D eigenvalue weighted by molar-refractivity contribution is -0.292. The molecule has 1 N–H and O–H groups in total. The number of nitrogens with one attached hydrogen (secondary N) is 1. The highest BCUT2D eigenvalue weighted by atomic mass is 19.4. The molecule has 1 aromatic rings. The molecule has 16 heavy (non-hydrogen) atoms. The van der Waals surface area contributed by atoms with Crippen LogP contribution in [-0.4, -0.2) is 16.1 Å². The van der Waals surface area contributed by atoms with Gasteiger partial charge in [-0.05, 0) is 6.92 Å². The minimum absolute atomic E-state index is 0.537. The van der Waals surface area contributed by atoms with Gasteiger partial charge in [0.2, 0.25) is 5.82 Å². The molecule has 0 fully saturated rings. The maximum atomic E-state index is 12.8. The van der Waals surface area contributed by atoms with E-state index in [-0.39, 0.29) is 0 Å². The van der Waals surface area contributed by atoms with Crippen LogP contribution in [0.3, 0.4) is 0 Å². The van der Waals surface area contributed by atoms with Crippen LogP contribution in [0.25, 0.3) is 0 Å². The average molecular weight is 246 g/mol. The summed E-state index contributed by atoms with van der Waals surface area (Å²) < 4.78 is 73.9. The molecule has 1 heterocycles. The summed E-state index contributed by atoms with van der Waals surface area (Å²) in [5.41, 5.74) is -3.90. The number of alkyl halides is 5. The summed E-state index contributed by atoms with van der Waals surface area (Å²) in [6, 6.07) is 0. The maximum Gasteiger partial charge on any atom is 0.459 e. The van der Waals surface area contributed by atoms with Gasteiger partial charge in [-0.15, -0.1) is 0 Å². The van der Waals surface area contributed by atoms with E-state index in [9.17, 15) is 31.1 Å². The summed E-state index contributed by atoms with van der Waals surface area (Å²) in [6.45, 7) is 0.955. The molecule has 0 bridgehead atoms. The topological polar surface area (TPSA) is 45.8 Å². The first kappa shape index (κ1) is 12.5. The molecule has 0 atom stereocenters. The highest BCUT2D eigenvalue weighted by Gasteiger charge is 2.61. The lowest BCUT2D eigenvalue weighted by Crippen LogP contribution is -2.37. The van der Waals surface area contributed by atoms with Crippen molar-refractivity contribution in [2.75, 3.05) is 0 Å². The zero-order chi connectivity index (χ0) is 12.7. The SMILES string of the molecule is Cc1nc(C(F)(F)C(F)(F)F)c(F)c(=O)[nH]1. The number of H-pyrrole nitrogens is 1. The minimum Gasteiger partial charge on any atom is -0.308 e. The molecule has 0 aliphatic heterocycles. The van der Waals surface area contributed by atoms with Crippen LogP contribution in [0.15, 0.2) is 4.79 Å². The van der Waals surface area contributed by atoms with Gasteiger partial charge in [0.15, 0.2) is 5.69 Å². The number of aryl methyl sites for hydroxylation is 1. The summed E-state index contributed by atoms with van der Waals surface area (Å²) in [6.07, 6.45) is -6.01. The van der Waals surface area contributed by atoms with E-state index in [0.29, 0.717) is 0 Å². The van der Waals surface area contributed by atoms with Gasteiger partial charge in [-0.1, -0.05) is 0 Å². The molecule has 0 aromatic carbocycles. The third-order valence-electron chi connectivity index (χ3n) is 1.63. The monoisotopic (exact) mass is 246 g/mol. The van der Waals surface area contributed by atoms with E-state index in [0.717, 1.165) is 6.92 Å². The molecular weight excluding hydrogens is 242 g/mol. The summed E-state index contributed by atoms with van der Waals surface area (Å²) in [4.78, 5) is 15.0. The Bertz CT molecular complexity index is 463. The molecule has 1 rings (SSSR count). The standard InChI is InChI=1S/C7H4F6N2O/c1-2-14-4(3(8)5(16)15-2)6(9,10)7(11,12)13/h1H3,(H,14,15,16). The maximum absolute atomic E-state index is 12.8. The van der Waals surface area contributed by atoms with Crippen LogP contribution >= 0.6 is 0 Å². The molecule has 0 unspecified atom stereocenters. The Morgan fingerprint density at radius 1 is 1.19 bits per heavy atom. The van der Waals surface area contributed by atoms with Gasteiger partial charge in [-0.3, -0.25) is 4.79 Å². The lowest BCUT2D eigenvalue weighted by atomic mass is 10.2. The molecule has 0 saturated heterocycles. The van der Waals surface area contributed by atoms with Crippen molar-refractivity contribution in [3.63, 3.8) is 0 Å². The zero-order valence-electron chi connectivity index (χ0n) is 7.62. The van der Waals surface area contributed by atoms with Crippen molar-refractivity contribution in [1.82, 2.24) is 9.97 Å². The van der Waals surface area contributed by atoms with Crippen LogP contribution in [0.5, 0.6) is 0 Å². The Morgan fingerprint density at radius 3 is 2.12 bits per heavy atom. The number of hydrogen-bond acceptors (Lipinski definition) is 2. The van der Waals surface area contributed by atoms with Crippen LogP contribution in [-0.2, 0) is 5.92 Å². The van der Waals surface area contributed by atoms with Crippen LogP contribution < -0.4 is 5.56 Å². The van der Waals surface area contributed by atoms with Crippen LogP contribution in [0, 0.1) is 12.7 Å². The average Bonchev–Trinajstić information content (AvgIpc) is 2.09. The van der Waals surface area contributed by atoms with Crippen molar-refractivity contribution in [3.8, 4) is 0 Å². The van der Waals surface area contributed by atoms with Gasteiger partial charge in [0, 0.05) is 0 Å². The van der Waals surface area contributed by atoms with Gasteiger partial charge in [0.1, 0.15) is 5.82 Å². The minimum atomic E-state index is -6.01. The molecule has 90 valence electrons. The van der Waals surface area contributed by atoms with Crippen LogP contribution in [0.2, 0.25) is 0 Å². The molecule has 9 heteroatoms. The number of halogens is 6. The second-order valence-electron chi connectivity index (χ2n) is 2.89. The van der Waals surface area contributed by atoms with Crippen molar-refractivity contribution in [1.29, 1.82) is 0 Å². The smallest absolute Gasteiger partial charge is 0.308 e. The lowest BCUT2D eigenvalue weighted by Gasteiger charge is -2.19. The predicted molar refractivity (Wildman–Crippen MR) is 39.5 cm³/mol. The van der Waals surface area contributed by atoms with E-state index in [1.807, 2.05) is 0 Å². The number of aromatic amines is 1. The van der Waals surface area contributed by atoms with Gasteiger partial charge in [-0.2, -0.15) is 26.3 Å². The van der Waals surface area contributed by atoms with Gasteiger partial charge in [0.25, 0.3) is 5.56 Å². The van der Waals surface area contributed by atoms with E-state index in [1.165, 1.54) is 0 Å². The largest absolute Gasteiger partial charge is 0.459 e. The molecule has 0 saturated carbocycles. The number of hydrogen-bond donors (Lipinski definition) is 1. The Labute approximate surface area is 84.1 Å². The molecule has 0 radical (unpaired) electrons. The first-order valence-corrected chi connectivity index (χ1v) is 3.79. The summed E-state index contributed by atoms with van der Waals surface area (Å²) in [7, 11) is 0. The molecule has 0 aliphatic rings. The number of aromatic nitrogens is 2. The van der Waals surface area contributed by atoms with Crippen LogP contribution in [0.1, 0.15) is 11.5 Å². The van der Waals surface area contributed by atoms with Gasteiger partial charge in [-0.25, -0.2) is 4.98 Å². The zero-order valence-corrected chi connectivity index (χ0v) is 7.62. The third-order valence-corrected chi connectivity index (χ3v) is 1.63. The molecule has 1 aromatic heterocycles. The Hall–Kier alpha value is -1.54. The predicted octanol–water partition coefficient (Wildman–Crippen LogP) is 1.87. The van der Waals surface area contributed by atoms with Gasteiger partial charge < -0.3 is 4.98 Å². The summed E-state index contributed by atoms with van der Waals surface area (Å²) in [5.74, 6) is -8.28. The number of rotatable bonds is 1. The van der Waals surface area contributed by atoms with E-state index >= 15 is 0 Å². The van der Waals surface area contributed by atoms with Crippen molar-refractivity contribution >= 4 is 0 Å². The fourth-order valence-corrected chi connectivity index (χ4v) is 0.914. The van der Waals surface area contributed by atoms with Gasteiger partial charge >= 0.3 is 12.1 Å². The van der Waals surface area contributed by atoms with E-state index in [2.05, 4.69) is 4.98 Å². The Kier molecular flexibility index (Phi) is 2.74. The molecule has 3 nitrogen and oxygen atoms in total. The van der Waals surface area contributed by atoms with Crippen molar-refractivity contribution in [2.45, 2.75) is 19.0 Å². The van der Waals surface area contributed by atoms with Crippen LogP contribution in [0.4, 0.5) is 26.3 Å². The molecule has 0 aliphatic carbocycles. The fourth-order valence-electron chi connectivity index (χ4n) is 0.914. The highest BCUT2D eigenvalue weighted by molar-refractivity contribution is 5.13. The van der Waals surface area contributed by atoms with Crippen molar-refractivity contribution in [3.05, 3.63) is 27.7 Å². The second kappa shape index (κ2) is 3.49. The molecule has 0 amide bonds. The highest BCUT2D eigenvalue weighted by Crippen LogP contribution is 2.43. The Morgan fingerprint density at radius 2 is 1.69 bits per heavy atom. The van der Waals surface area contributed by atoms with Crippen molar-refractivity contribution < 1.29 is 26.3 Å². The van der Waals surface area contributed by atoms with E-state index in [1.54, 1.807) is 4.98 Å². The summed E-state index contributed by atoms with van der Waals surface area (Å²) >= 11 is 0. The molecule has 0 spiro atoms. The second-order valence-corrected chi connectivity index (χ2v) is 2.89. The Balaban J connectivity index is 3.51. The fraction of sp³-hybridized carbons (Fsp3) is 0.429. The first-order chi connectivity index (χ1) is 7.07.